The van der Waals surface area contributed by atoms with E-state index in [1.807, 2.05) is 43.3 Å². The molecule has 1 N–H and O–H groups in total. The first-order chi connectivity index (χ1) is 7.65. The van der Waals surface area contributed by atoms with E-state index in [0.29, 0.717) is 0 Å². The summed E-state index contributed by atoms with van der Waals surface area (Å²) in [4.78, 5) is 6.09. The van der Waals surface area contributed by atoms with Gasteiger partial charge in [0.1, 0.15) is 0 Å². The number of benzene rings is 1. The maximum atomic E-state index is 6.07. The lowest BCUT2D eigenvalue weighted by Gasteiger charge is -2.16. The lowest BCUT2D eigenvalue weighted by Crippen LogP contribution is -2.37. The van der Waals surface area contributed by atoms with Gasteiger partial charge in [0.25, 0.3) is 0 Å². The van der Waals surface area contributed by atoms with Gasteiger partial charge in [0, 0.05) is 32.7 Å². The SMILES string of the molecule is CN=C(NCCc1ccccc1Cl)N(C)C. The Labute approximate surface area is 102 Å². The van der Waals surface area contributed by atoms with Gasteiger partial charge in [0.05, 0.1) is 0 Å². The van der Waals surface area contributed by atoms with Crippen molar-refractivity contribution in [1.82, 2.24) is 10.2 Å². The molecule has 0 unspecified atom stereocenters. The molecule has 0 aliphatic carbocycles. The van der Waals surface area contributed by atoms with Crippen LogP contribution in [0.2, 0.25) is 5.02 Å². The van der Waals surface area contributed by atoms with Crippen molar-refractivity contribution in [3.8, 4) is 0 Å². The fourth-order valence-electron chi connectivity index (χ4n) is 1.45. The number of hydrogen-bond acceptors (Lipinski definition) is 1. The van der Waals surface area contributed by atoms with Crippen LogP contribution in [0.15, 0.2) is 29.3 Å². The van der Waals surface area contributed by atoms with Crippen LogP contribution < -0.4 is 5.32 Å². The van der Waals surface area contributed by atoms with Gasteiger partial charge in [-0.2, -0.15) is 0 Å². The number of guanidine groups is 1. The Morgan fingerprint density at radius 2 is 2.06 bits per heavy atom. The van der Waals surface area contributed by atoms with Crippen molar-refractivity contribution < 1.29 is 0 Å². The first kappa shape index (κ1) is 12.8. The molecule has 0 aromatic heterocycles. The molecule has 3 nitrogen and oxygen atoms in total. The summed E-state index contributed by atoms with van der Waals surface area (Å²) in [6.45, 7) is 0.828. The van der Waals surface area contributed by atoms with Crippen LogP contribution in [0.1, 0.15) is 5.56 Å². The molecular weight excluding hydrogens is 222 g/mol. The Kier molecular flexibility index (Phi) is 5.12. The lowest BCUT2D eigenvalue weighted by molar-refractivity contribution is 0.583. The average molecular weight is 240 g/mol. The summed E-state index contributed by atoms with van der Waals surface area (Å²) in [7, 11) is 5.70. The van der Waals surface area contributed by atoms with Crippen LogP contribution in [-0.4, -0.2) is 38.5 Å². The van der Waals surface area contributed by atoms with Gasteiger partial charge >= 0.3 is 0 Å². The number of halogens is 1. The molecule has 0 saturated heterocycles. The molecule has 0 fully saturated rings. The highest BCUT2D eigenvalue weighted by atomic mass is 35.5. The fourth-order valence-corrected chi connectivity index (χ4v) is 1.68. The molecular formula is C12H18ClN3. The zero-order valence-corrected chi connectivity index (χ0v) is 10.8. The van der Waals surface area contributed by atoms with Crippen molar-refractivity contribution in [1.29, 1.82) is 0 Å². The summed E-state index contributed by atoms with van der Waals surface area (Å²) >= 11 is 6.07. The van der Waals surface area contributed by atoms with Crippen molar-refractivity contribution in [3.05, 3.63) is 34.9 Å². The normalized spacial score (nSPS) is 11.4. The van der Waals surface area contributed by atoms with Gasteiger partial charge in [-0.3, -0.25) is 4.99 Å². The number of nitrogens with one attached hydrogen (secondary N) is 1. The van der Waals surface area contributed by atoms with Crippen LogP contribution in [0.3, 0.4) is 0 Å². The summed E-state index contributed by atoms with van der Waals surface area (Å²) < 4.78 is 0. The van der Waals surface area contributed by atoms with E-state index in [1.165, 1.54) is 0 Å². The molecule has 1 aromatic rings. The smallest absolute Gasteiger partial charge is 0.193 e. The zero-order chi connectivity index (χ0) is 12.0. The van der Waals surface area contributed by atoms with Gasteiger partial charge in [-0.05, 0) is 18.1 Å². The minimum absolute atomic E-state index is 0.823. The van der Waals surface area contributed by atoms with E-state index in [4.69, 9.17) is 11.6 Å². The zero-order valence-electron chi connectivity index (χ0n) is 10.00. The summed E-state index contributed by atoms with van der Waals surface area (Å²) in [6, 6.07) is 7.90. The van der Waals surface area contributed by atoms with Gasteiger partial charge < -0.3 is 10.2 Å². The molecule has 0 aliphatic rings. The number of rotatable bonds is 3. The van der Waals surface area contributed by atoms with Gasteiger partial charge in [-0.15, -0.1) is 0 Å². The highest BCUT2D eigenvalue weighted by Gasteiger charge is 2.01. The average Bonchev–Trinajstić information content (AvgIpc) is 2.26. The lowest BCUT2D eigenvalue weighted by atomic mass is 10.1. The van der Waals surface area contributed by atoms with E-state index in [9.17, 15) is 0 Å². The van der Waals surface area contributed by atoms with Crippen LogP contribution in [0.25, 0.3) is 0 Å². The number of aliphatic imine (C=N–C) groups is 1. The first-order valence-electron chi connectivity index (χ1n) is 5.26. The van der Waals surface area contributed by atoms with Crippen LogP contribution >= 0.6 is 11.6 Å². The maximum Gasteiger partial charge on any atom is 0.193 e. The van der Waals surface area contributed by atoms with Crippen molar-refractivity contribution in [2.45, 2.75) is 6.42 Å². The van der Waals surface area contributed by atoms with E-state index in [1.54, 1.807) is 7.05 Å². The third-order valence-corrected chi connectivity index (χ3v) is 2.64. The minimum atomic E-state index is 0.823. The molecule has 4 heteroatoms. The summed E-state index contributed by atoms with van der Waals surface area (Å²) in [5.74, 6) is 0.882. The second-order valence-corrected chi connectivity index (χ2v) is 4.12. The Hall–Kier alpha value is -1.22. The summed E-state index contributed by atoms with van der Waals surface area (Å²) in [5.41, 5.74) is 1.16. The highest BCUT2D eigenvalue weighted by molar-refractivity contribution is 6.31. The molecule has 0 aliphatic heterocycles. The van der Waals surface area contributed by atoms with E-state index in [2.05, 4.69) is 10.3 Å². The van der Waals surface area contributed by atoms with Crippen LogP contribution in [0.5, 0.6) is 0 Å². The highest BCUT2D eigenvalue weighted by Crippen LogP contribution is 2.14. The third kappa shape index (κ3) is 3.74. The maximum absolute atomic E-state index is 6.07. The molecule has 16 heavy (non-hydrogen) atoms. The van der Waals surface area contributed by atoms with Gasteiger partial charge in [0.15, 0.2) is 5.96 Å². The quantitative estimate of drug-likeness (QED) is 0.646. The molecule has 0 spiro atoms. The minimum Gasteiger partial charge on any atom is -0.356 e. The van der Waals surface area contributed by atoms with E-state index < -0.39 is 0 Å². The Morgan fingerprint density at radius 3 is 2.62 bits per heavy atom. The third-order valence-electron chi connectivity index (χ3n) is 2.27. The molecule has 0 heterocycles. The Bertz CT molecular complexity index is 361. The van der Waals surface area contributed by atoms with Gasteiger partial charge in [0.2, 0.25) is 0 Å². The second-order valence-electron chi connectivity index (χ2n) is 3.71. The molecule has 1 aromatic carbocycles. The number of hydrogen-bond donors (Lipinski definition) is 1. The first-order valence-corrected chi connectivity index (χ1v) is 5.64. The second kappa shape index (κ2) is 6.38. The molecule has 0 amide bonds. The molecule has 1 rings (SSSR count). The predicted molar refractivity (Wildman–Crippen MR) is 70.2 cm³/mol. The van der Waals surface area contributed by atoms with Crippen LogP contribution in [-0.2, 0) is 6.42 Å². The molecule has 0 atom stereocenters. The summed E-state index contributed by atoms with van der Waals surface area (Å²) in [5, 5.41) is 4.09. The van der Waals surface area contributed by atoms with Crippen molar-refractivity contribution in [2.24, 2.45) is 4.99 Å². The van der Waals surface area contributed by atoms with E-state index in [0.717, 1.165) is 29.5 Å². The molecule has 0 bridgehead atoms. The Morgan fingerprint density at radius 1 is 1.38 bits per heavy atom. The fraction of sp³-hybridized carbons (Fsp3) is 0.417. The predicted octanol–water partition coefficient (Wildman–Crippen LogP) is 2.02. The monoisotopic (exact) mass is 239 g/mol. The molecule has 88 valence electrons. The van der Waals surface area contributed by atoms with Gasteiger partial charge in [-0.25, -0.2) is 0 Å². The van der Waals surface area contributed by atoms with E-state index in [-0.39, 0.29) is 0 Å². The van der Waals surface area contributed by atoms with E-state index >= 15 is 0 Å². The molecule has 0 saturated carbocycles. The van der Waals surface area contributed by atoms with Crippen molar-refractivity contribution >= 4 is 17.6 Å². The van der Waals surface area contributed by atoms with Crippen LogP contribution in [0, 0.1) is 0 Å². The Balaban J connectivity index is 2.45. The summed E-state index contributed by atoms with van der Waals surface area (Å²) in [6.07, 6.45) is 0.895. The molecule has 0 radical (unpaired) electrons. The largest absolute Gasteiger partial charge is 0.356 e. The standard InChI is InChI=1S/C12H18ClN3/c1-14-12(16(2)3)15-9-8-10-6-4-5-7-11(10)13/h4-7H,8-9H2,1-3H3,(H,14,15). The van der Waals surface area contributed by atoms with Gasteiger partial charge in [-0.1, -0.05) is 29.8 Å². The topological polar surface area (TPSA) is 27.6 Å². The van der Waals surface area contributed by atoms with Crippen molar-refractivity contribution in [3.63, 3.8) is 0 Å². The van der Waals surface area contributed by atoms with Crippen LogP contribution in [0.4, 0.5) is 0 Å². The van der Waals surface area contributed by atoms with Crippen molar-refractivity contribution in [2.75, 3.05) is 27.7 Å². The number of nitrogens with zero attached hydrogens (tertiary/aromatic N) is 2.